The SMILES string of the molecule is CNCc1n[nH]c(C)c1-c1cc(Cl)ccc1OC. The zero-order valence-corrected chi connectivity index (χ0v) is 11.4. The molecule has 2 rings (SSSR count). The van der Waals surface area contributed by atoms with E-state index in [1.54, 1.807) is 7.11 Å². The Labute approximate surface area is 111 Å². The molecule has 1 aromatic heterocycles. The van der Waals surface area contributed by atoms with Gasteiger partial charge in [0.25, 0.3) is 0 Å². The van der Waals surface area contributed by atoms with Crippen LogP contribution in [0.1, 0.15) is 11.4 Å². The van der Waals surface area contributed by atoms with Crippen LogP contribution in [0.3, 0.4) is 0 Å². The lowest BCUT2D eigenvalue weighted by molar-refractivity contribution is 0.416. The minimum absolute atomic E-state index is 0.682. The average Bonchev–Trinajstić information content (AvgIpc) is 2.71. The van der Waals surface area contributed by atoms with Crippen LogP contribution in [0.15, 0.2) is 18.2 Å². The van der Waals surface area contributed by atoms with Crippen LogP contribution in [0.4, 0.5) is 0 Å². The van der Waals surface area contributed by atoms with Crippen molar-refractivity contribution >= 4 is 11.6 Å². The monoisotopic (exact) mass is 265 g/mol. The Morgan fingerprint density at radius 2 is 2.22 bits per heavy atom. The molecule has 0 saturated carbocycles. The number of rotatable bonds is 4. The van der Waals surface area contributed by atoms with Gasteiger partial charge < -0.3 is 10.1 Å². The maximum absolute atomic E-state index is 6.07. The molecule has 96 valence electrons. The van der Waals surface area contributed by atoms with Crippen molar-refractivity contribution in [2.75, 3.05) is 14.2 Å². The largest absolute Gasteiger partial charge is 0.496 e. The van der Waals surface area contributed by atoms with E-state index in [1.165, 1.54) is 0 Å². The fourth-order valence-corrected chi connectivity index (χ4v) is 2.18. The van der Waals surface area contributed by atoms with Crippen molar-refractivity contribution in [3.05, 3.63) is 34.6 Å². The molecule has 1 aromatic carbocycles. The van der Waals surface area contributed by atoms with E-state index in [0.717, 1.165) is 28.3 Å². The number of hydrogen-bond acceptors (Lipinski definition) is 3. The molecule has 0 aliphatic heterocycles. The first-order valence-electron chi connectivity index (χ1n) is 5.69. The number of hydrogen-bond donors (Lipinski definition) is 2. The Hall–Kier alpha value is -1.52. The van der Waals surface area contributed by atoms with Crippen LogP contribution in [0, 0.1) is 6.92 Å². The summed E-state index contributed by atoms with van der Waals surface area (Å²) >= 11 is 6.07. The molecule has 1 heterocycles. The van der Waals surface area contributed by atoms with Gasteiger partial charge in [-0.2, -0.15) is 5.10 Å². The fraction of sp³-hybridized carbons (Fsp3) is 0.308. The lowest BCUT2D eigenvalue weighted by Crippen LogP contribution is -2.06. The lowest BCUT2D eigenvalue weighted by atomic mass is 10.0. The van der Waals surface area contributed by atoms with Gasteiger partial charge in [0.05, 0.1) is 12.8 Å². The number of methoxy groups -OCH3 is 1. The maximum atomic E-state index is 6.07. The molecule has 0 fully saturated rings. The van der Waals surface area contributed by atoms with Gasteiger partial charge in [-0.15, -0.1) is 0 Å². The Balaban J connectivity index is 2.60. The highest BCUT2D eigenvalue weighted by atomic mass is 35.5. The van der Waals surface area contributed by atoms with Crippen molar-refractivity contribution in [3.63, 3.8) is 0 Å². The summed E-state index contributed by atoms with van der Waals surface area (Å²) in [5.41, 5.74) is 3.96. The summed E-state index contributed by atoms with van der Waals surface area (Å²) in [6.45, 7) is 2.68. The molecular formula is C13H16ClN3O. The zero-order valence-electron chi connectivity index (χ0n) is 10.7. The van der Waals surface area contributed by atoms with E-state index >= 15 is 0 Å². The topological polar surface area (TPSA) is 49.9 Å². The molecule has 0 atom stereocenters. The minimum Gasteiger partial charge on any atom is -0.496 e. The van der Waals surface area contributed by atoms with Crippen molar-refractivity contribution in [2.45, 2.75) is 13.5 Å². The van der Waals surface area contributed by atoms with Crippen molar-refractivity contribution in [1.29, 1.82) is 0 Å². The average molecular weight is 266 g/mol. The highest BCUT2D eigenvalue weighted by molar-refractivity contribution is 6.31. The van der Waals surface area contributed by atoms with E-state index < -0.39 is 0 Å². The molecule has 0 amide bonds. The van der Waals surface area contributed by atoms with Gasteiger partial charge in [-0.25, -0.2) is 0 Å². The van der Waals surface area contributed by atoms with Gasteiger partial charge in [0.15, 0.2) is 0 Å². The normalized spacial score (nSPS) is 10.7. The summed E-state index contributed by atoms with van der Waals surface area (Å²) in [6, 6.07) is 5.59. The van der Waals surface area contributed by atoms with Crippen LogP contribution in [-0.2, 0) is 6.54 Å². The first-order valence-corrected chi connectivity index (χ1v) is 6.07. The number of aromatic nitrogens is 2. The zero-order chi connectivity index (χ0) is 13.1. The molecule has 0 aliphatic rings. The Bertz CT molecular complexity index is 551. The number of aromatic amines is 1. The quantitative estimate of drug-likeness (QED) is 0.894. The highest BCUT2D eigenvalue weighted by Gasteiger charge is 2.16. The van der Waals surface area contributed by atoms with E-state index in [1.807, 2.05) is 32.2 Å². The van der Waals surface area contributed by atoms with Crippen LogP contribution in [0.5, 0.6) is 5.75 Å². The lowest BCUT2D eigenvalue weighted by Gasteiger charge is -2.10. The first-order chi connectivity index (χ1) is 8.67. The second kappa shape index (κ2) is 5.42. The maximum Gasteiger partial charge on any atom is 0.126 e. The molecule has 0 spiro atoms. The Morgan fingerprint density at radius 3 is 2.89 bits per heavy atom. The van der Waals surface area contributed by atoms with Gasteiger partial charge in [-0.05, 0) is 32.2 Å². The third kappa shape index (κ3) is 2.35. The third-order valence-corrected chi connectivity index (χ3v) is 3.03. The van der Waals surface area contributed by atoms with Gasteiger partial charge in [0, 0.05) is 28.4 Å². The first kappa shape index (κ1) is 12.9. The molecule has 2 aromatic rings. The minimum atomic E-state index is 0.682. The van der Waals surface area contributed by atoms with Crippen LogP contribution >= 0.6 is 11.6 Å². The smallest absolute Gasteiger partial charge is 0.126 e. The second-order valence-corrected chi connectivity index (χ2v) is 4.48. The van der Waals surface area contributed by atoms with Crippen LogP contribution in [-0.4, -0.2) is 24.4 Å². The van der Waals surface area contributed by atoms with E-state index in [-0.39, 0.29) is 0 Å². The number of ether oxygens (including phenoxy) is 1. The summed E-state index contributed by atoms with van der Waals surface area (Å²) in [5.74, 6) is 0.793. The summed E-state index contributed by atoms with van der Waals surface area (Å²) < 4.78 is 5.39. The number of aryl methyl sites for hydroxylation is 1. The van der Waals surface area contributed by atoms with Gasteiger partial charge in [0.1, 0.15) is 5.75 Å². The predicted molar refractivity (Wildman–Crippen MR) is 73.1 cm³/mol. The number of nitrogens with one attached hydrogen (secondary N) is 2. The van der Waals surface area contributed by atoms with Crippen LogP contribution < -0.4 is 10.1 Å². The standard InChI is InChI=1S/C13H16ClN3O/c1-8-13(11(7-15-2)17-16-8)10-6-9(14)4-5-12(10)18-3/h4-6,15H,7H2,1-3H3,(H,16,17). The molecule has 0 unspecified atom stereocenters. The van der Waals surface area contributed by atoms with Crippen molar-refractivity contribution in [3.8, 4) is 16.9 Å². The molecular weight excluding hydrogens is 250 g/mol. The molecule has 4 nitrogen and oxygen atoms in total. The van der Waals surface area contributed by atoms with Crippen LogP contribution in [0.25, 0.3) is 11.1 Å². The van der Waals surface area contributed by atoms with Crippen molar-refractivity contribution < 1.29 is 4.74 Å². The Morgan fingerprint density at radius 1 is 1.44 bits per heavy atom. The Kier molecular flexibility index (Phi) is 3.89. The predicted octanol–water partition coefficient (Wildman–Crippen LogP) is 2.77. The third-order valence-electron chi connectivity index (χ3n) is 2.80. The molecule has 2 N–H and O–H groups in total. The van der Waals surface area contributed by atoms with E-state index in [0.29, 0.717) is 11.6 Å². The summed E-state index contributed by atoms with van der Waals surface area (Å²) in [5, 5.41) is 11.1. The molecule has 0 saturated heterocycles. The molecule has 0 bridgehead atoms. The van der Waals surface area contributed by atoms with Crippen molar-refractivity contribution in [1.82, 2.24) is 15.5 Å². The summed E-state index contributed by atoms with van der Waals surface area (Å²) in [7, 11) is 3.54. The summed E-state index contributed by atoms with van der Waals surface area (Å²) in [4.78, 5) is 0. The summed E-state index contributed by atoms with van der Waals surface area (Å²) in [6.07, 6.45) is 0. The van der Waals surface area contributed by atoms with Crippen molar-refractivity contribution in [2.24, 2.45) is 0 Å². The van der Waals surface area contributed by atoms with Gasteiger partial charge in [0.2, 0.25) is 0 Å². The highest BCUT2D eigenvalue weighted by Crippen LogP contribution is 2.35. The fourth-order valence-electron chi connectivity index (χ4n) is 2.01. The van der Waals surface area contributed by atoms with Gasteiger partial charge in [-0.1, -0.05) is 11.6 Å². The van der Waals surface area contributed by atoms with E-state index in [2.05, 4.69) is 15.5 Å². The van der Waals surface area contributed by atoms with Crippen LogP contribution in [0.2, 0.25) is 5.02 Å². The number of H-pyrrole nitrogens is 1. The van der Waals surface area contributed by atoms with Gasteiger partial charge >= 0.3 is 0 Å². The molecule has 5 heteroatoms. The number of halogens is 1. The molecule has 0 radical (unpaired) electrons. The number of nitrogens with zero attached hydrogens (tertiary/aromatic N) is 1. The van der Waals surface area contributed by atoms with Gasteiger partial charge in [-0.3, -0.25) is 5.10 Å². The van der Waals surface area contributed by atoms with E-state index in [9.17, 15) is 0 Å². The molecule has 18 heavy (non-hydrogen) atoms. The van der Waals surface area contributed by atoms with E-state index in [4.69, 9.17) is 16.3 Å². The number of benzene rings is 1. The molecule has 0 aliphatic carbocycles. The second-order valence-electron chi connectivity index (χ2n) is 4.05.